The highest BCUT2D eigenvalue weighted by Crippen LogP contribution is 2.16. The van der Waals surface area contributed by atoms with E-state index in [1.54, 1.807) is 0 Å². The minimum Gasteiger partial charge on any atom is -0.481 e. The van der Waals surface area contributed by atoms with Gasteiger partial charge in [-0.2, -0.15) is 0 Å². The molecule has 0 spiro atoms. The minimum atomic E-state index is -0.817. The fourth-order valence-corrected chi connectivity index (χ4v) is 1.97. The smallest absolute Gasteiger partial charge is 0.303 e. The first-order chi connectivity index (χ1) is 9.54. The van der Waals surface area contributed by atoms with Gasteiger partial charge in [0.15, 0.2) is 6.10 Å². The summed E-state index contributed by atoms with van der Waals surface area (Å²) in [6, 6.07) is 9.17. The summed E-state index contributed by atoms with van der Waals surface area (Å²) in [6.07, 6.45) is 0.647. The zero-order valence-corrected chi connectivity index (χ0v) is 11.8. The van der Waals surface area contributed by atoms with E-state index in [9.17, 15) is 9.59 Å². The molecule has 0 aliphatic heterocycles. The number of carbonyl (C=O) groups excluding carboxylic acids is 1. The van der Waals surface area contributed by atoms with Gasteiger partial charge in [-0.25, -0.2) is 0 Å². The summed E-state index contributed by atoms with van der Waals surface area (Å²) in [5.74, 6) is -1.02. The summed E-state index contributed by atoms with van der Waals surface area (Å²) in [4.78, 5) is 22.6. The number of aliphatic carboxylic acids is 1. The molecule has 0 saturated carbocycles. The first-order valence-electron chi connectivity index (χ1n) is 6.64. The molecule has 5 heteroatoms. The second-order valence-corrected chi connectivity index (χ2v) is 4.72. The molecular weight excluding hydrogens is 258 g/mol. The van der Waals surface area contributed by atoms with Crippen LogP contribution in [0.15, 0.2) is 30.3 Å². The van der Waals surface area contributed by atoms with Gasteiger partial charge in [-0.05, 0) is 25.3 Å². The van der Waals surface area contributed by atoms with Crippen molar-refractivity contribution in [1.82, 2.24) is 5.32 Å². The van der Waals surface area contributed by atoms with Crippen LogP contribution in [0.25, 0.3) is 0 Å². The van der Waals surface area contributed by atoms with E-state index in [2.05, 4.69) is 5.32 Å². The summed E-state index contributed by atoms with van der Waals surface area (Å²) in [7, 11) is 1.49. The number of hydrogen-bond donors (Lipinski definition) is 2. The van der Waals surface area contributed by atoms with Crippen LogP contribution in [0.1, 0.15) is 37.9 Å². The van der Waals surface area contributed by atoms with Crippen molar-refractivity contribution in [3.05, 3.63) is 35.9 Å². The molecule has 1 amide bonds. The Hall–Kier alpha value is -1.88. The normalized spacial score (nSPS) is 13.5. The number of ether oxygens (including phenoxy) is 1. The molecule has 0 aliphatic carbocycles. The third-order valence-corrected chi connectivity index (χ3v) is 2.99. The van der Waals surface area contributed by atoms with Crippen LogP contribution in [0, 0.1) is 0 Å². The summed E-state index contributed by atoms with van der Waals surface area (Å²) < 4.78 is 5.24. The zero-order valence-electron chi connectivity index (χ0n) is 11.8. The molecule has 0 bridgehead atoms. The maximum Gasteiger partial charge on any atom is 0.303 e. The number of methoxy groups -OCH3 is 1. The van der Waals surface area contributed by atoms with Crippen molar-refractivity contribution in [3.63, 3.8) is 0 Å². The number of carboxylic acids is 1. The van der Waals surface area contributed by atoms with Gasteiger partial charge in [-0.15, -0.1) is 0 Å². The summed E-state index contributed by atoms with van der Waals surface area (Å²) >= 11 is 0. The Morgan fingerprint density at radius 2 is 1.95 bits per heavy atom. The fourth-order valence-electron chi connectivity index (χ4n) is 1.97. The molecule has 5 nitrogen and oxygen atoms in total. The van der Waals surface area contributed by atoms with Gasteiger partial charge in [-0.3, -0.25) is 9.59 Å². The second-order valence-electron chi connectivity index (χ2n) is 4.72. The van der Waals surface area contributed by atoms with Crippen LogP contribution in [0.5, 0.6) is 0 Å². The number of nitrogens with one attached hydrogen (secondary N) is 1. The molecular formula is C15H21NO4. The molecule has 2 atom stereocenters. The third-order valence-electron chi connectivity index (χ3n) is 2.99. The number of hydrogen-bond acceptors (Lipinski definition) is 3. The Morgan fingerprint density at radius 1 is 1.30 bits per heavy atom. The molecule has 0 radical (unpaired) electrons. The Labute approximate surface area is 118 Å². The molecule has 20 heavy (non-hydrogen) atoms. The van der Waals surface area contributed by atoms with E-state index in [1.165, 1.54) is 7.11 Å². The van der Waals surface area contributed by atoms with E-state index in [4.69, 9.17) is 9.84 Å². The highest BCUT2D eigenvalue weighted by atomic mass is 16.5. The van der Waals surface area contributed by atoms with Crippen molar-refractivity contribution in [3.8, 4) is 0 Å². The van der Waals surface area contributed by atoms with Gasteiger partial charge in [0.2, 0.25) is 0 Å². The fraction of sp³-hybridized carbons (Fsp3) is 0.467. The molecule has 0 heterocycles. The zero-order chi connectivity index (χ0) is 15.0. The lowest BCUT2D eigenvalue weighted by atomic mass is 10.1. The minimum absolute atomic E-state index is 0.0804. The van der Waals surface area contributed by atoms with E-state index < -0.39 is 12.1 Å². The van der Waals surface area contributed by atoms with Gasteiger partial charge < -0.3 is 15.2 Å². The molecule has 0 aromatic heterocycles. The van der Waals surface area contributed by atoms with E-state index in [1.807, 2.05) is 37.3 Å². The highest BCUT2D eigenvalue weighted by molar-refractivity contribution is 5.82. The Morgan fingerprint density at radius 3 is 2.50 bits per heavy atom. The molecule has 0 saturated heterocycles. The topological polar surface area (TPSA) is 75.6 Å². The average molecular weight is 279 g/mol. The van der Waals surface area contributed by atoms with Gasteiger partial charge in [0.1, 0.15) is 0 Å². The van der Waals surface area contributed by atoms with E-state index >= 15 is 0 Å². The summed E-state index contributed by atoms with van der Waals surface area (Å²) in [5.41, 5.74) is 0.797. The van der Waals surface area contributed by atoms with Crippen LogP contribution in [-0.4, -0.2) is 30.1 Å². The molecule has 110 valence electrons. The predicted octanol–water partition coefficient (Wildman–Crippen LogP) is 2.13. The van der Waals surface area contributed by atoms with Crippen molar-refractivity contribution in [2.75, 3.05) is 7.11 Å². The number of rotatable bonds is 8. The Bertz CT molecular complexity index is 433. The molecule has 1 rings (SSSR count). The van der Waals surface area contributed by atoms with Crippen molar-refractivity contribution < 1.29 is 19.4 Å². The largest absolute Gasteiger partial charge is 0.481 e. The molecule has 0 aliphatic rings. The van der Waals surface area contributed by atoms with Gasteiger partial charge in [0, 0.05) is 19.6 Å². The van der Waals surface area contributed by atoms with Crippen molar-refractivity contribution in [2.45, 2.75) is 38.3 Å². The van der Waals surface area contributed by atoms with Crippen molar-refractivity contribution in [1.29, 1.82) is 0 Å². The van der Waals surface area contributed by atoms with Crippen molar-refractivity contribution in [2.24, 2.45) is 0 Å². The second kappa shape index (κ2) is 8.32. The van der Waals surface area contributed by atoms with Crippen LogP contribution in [0.2, 0.25) is 0 Å². The lowest BCUT2D eigenvalue weighted by Crippen LogP contribution is -2.37. The van der Waals surface area contributed by atoms with E-state index in [-0.39, 0.29) is 18.4 Å². The lowest BCUT2D eigenvalue weighted by Gasteiger charge is -2.19. The van der Waals surface area contributed by atoms with Crippen LogP contribution in [0.4, 0.5) is 0 Å². The van der Waals surface area contributed by atoms with Gasteiger partial charge in [-0.1, -0.05) is 30.3 Å². The molecule has 0 fully saturated rings. The SMILES string of the molecule is COC(C(=O)NC(C)CCCC(=O)O)c1ccccc1. The van der Waals surface area contributed by atoms with Crippen LogP contribution in [0.3, 0.4) is 0 Å². The molecule has 2 unspecified atom stereocenters. The average Bonchev–Trinajstić information content (AvgIpc) is 2.40. The standard InChI is InChI=1S/C15H21NO4/c1-11(7-6-10-13(17)18)16-15(19)14(20-2)12-8-4-3-5-9-12/h3-5,8-9,11,14H,6-7,10H2,1-2H3,(H,16,19)(H,17,18). The number of benzene rings is 1. The molecule has 2 N–H and O–H groups in total. The first kappa shape index (κ1) is 16.2. The number of amides is 1. The maximum atomic E-state index is 12.1. The Kier molecular flexibility index (Phi) is 6.73. The monoisotopic (exact) mass is 279 g/mol. The number of carboxylic acid groups (broad SMARTS) is 1. The number of carbonyl (C=O) groups is 2. The lowest BCUT2D eigenvalue weighted by molar-refractivity contribution is -0.137. The van der Waals surface area contributed by atoms with Gasteiger partial charge in [0.05, 0.1) is 0 Å². The van der Waals surface area contributed by atoms with Crippen LogP contribution >= 0.6 is 0 Å². The van der Waals surface area contributed by atoms with E-state index in [0.717, 1.165) is 5.56 Å². The van der Waals surface area contributed by atoms with Gasteiger partial charge >= 0.3 is 5.97 Å². The van der Waals surface area contributed by atoms with E-state index in [0.29, 0.717) is 12.8 Å². The quantitative estimate of drug-likeness (QED) is 0.764. The van der Waals surface area contributed by atoms with Gasteiger partial charge in [0.25, 0.3) is 5.91 Å². The first-order valence-corrected chi connectivity index (χ1v) is 6.64. The maximum absolute atomic E-state index is 12.1. The Balaban J connectivity index is 2.49. The van der Waals surface area contributed by atoms with Crippen LogP contribution in [-0.2, 0) is 14.3 Å². The highest BCUT2D eigenvalue weighted by Gasteiger charge is 2.21. The molecule has 1 aromatic rings. The predicted molar refractivity (Wildman–Crippen MR) is 75.3 cm³/mol. The molecule has 1 aromatic carbocycles. The van der Waals surface area contributed by atoms with Crippen LogP contribution < -0.4 is 5.32 Å². The summed E-state index contributed by atoms with van der Waals surface area (Å²) in [6.45, 7) is 1.86. The van der Waals surface area contributed by atoms with Crippen molar-refractivity contribution >= 4 is 11.9 Å². The summed E-state index contributed by atoms with van der Waals surface area (Å²) in [5, 5.41) is 11.4. The third kappa shape index (κ3) is 5.40.